The minimum atomic E-state index is -0.738. The Labute approximate surface area is 88.3 Å². The molecule has 1 saturated carbocycles. The van der Waals surface area contributed by atoms with Crippen molar-refractivity contribution < 1.29 is 9.18 Å². The van der Waals surface area contributed by atoms with Gasteiger partial charge in [-0.3, -0.25) is 4.79 Å². The van der Waals surface area contributed by atoms with E-state index in [0.29, 0.717) is 18.4 Å². The standard InChI is InChI=1S/C12H14FNO/c1-8-3-4-9(13)7-10(8)11(15)12(14)5-2-6-12/h3-4,7H,2,5-6,14H2,1H3. The molecule has 1 aliphatic carbocycles. The summed E-state index contributed by atoms with van der Waals surface area (Å²) in [5.74, 6) is -0.502. The number of carbonyl (C=O) groups is 1. The van der Waals surface area contributed by atoms with Crippen molar-refractivity contribution in [1.82, 2.24) is 0 Å². The fourth-order valence-electron chi connectivity index (χ4n) is 1.89. The van der Waals surface area contributed by atoms with Crippen LogP contribution >= 0.6 is 0 Å². The van der Waals surface area contributed by atoms with E-state index < -0.39 is 5.54 Å². The Hall–Kier alpha value is -1.22. The van der Waals surface area contributed by atoms with E-state index in [0.717, 1.165) is 12.0 Å². The first-order chi connectivity index (χ1) is 7.03. The highest BCUT2D eigenvalue weighted by atomic mass is 19.1. The molecule has 0 heterocycles. The van der Waals surface area contributed by atoms with Gasteiger partial charge in [0.2, 0.25) is 0 Å². The SMILES string of the molecule is Cc1ccc(F)cc1C(=O)C1(N)CCC1. The number of nitrogens with two attached hydrogens (primary N) is 1. The van der Waals surface area contributed by atoms with E-state index in [1.165, 1.54) is 12.1 Å². The molecular weight excluding hydrogens is 193 g/mol. The Morgan fingerprint density at radius 1 is 1.47 bits per heavy atom. The van der Waals surface area contributed by atoms with E-state index >= 15 is 0 Å². The molecule has 3 heteroatoms. The van der Waals surface area contributed by atoms with Crippen LogP contribution in [-0.4, -0.2) is 11.3 Å². The lowest BCUT2D eigenvalue weighted by Gasteiger charge is -2.36. The zero-order chi connectivity index (χ0) is 11.1. The summed E-state index contributed by atoms with van der Waals surface area (Å²) < 4.78 is 13.0. The minimum Gasteiger partial charge on any atom is -0.319 e. The maximum atomic E-state index is 13.0. The molecule has 0 spiro atoms. The van der Waals surface area contributed by atoms with E-state index in [9.17, 15) is 9.18 Å². The summed E-state index contributed by atoms with van der Waals surface area (Å²) in [6, 6.07) is 4.26. The second kappa shape index (κ2) is 3.42. The first-order valence-corrected chi connectivity index (χ1v) is 5.13. The molecule has 1 fully saturated rings. The highest BCUT2D eigenvalue weighted by Crippen LogP contribution is 2.33. The summed E-state index contributed by atoms with van der Waals surface area (Å²) in [5, 5.41) is 0. The summed E-state index contributed by atoms with van der Waals surface area (Å²) in [4.78, 5) is 12.0. The minimum absolute atomic E-state index is 0.120. The number of hydrogen-bond acceptors (Lipinski definition) is 2. The molecule has 1 aromatic carbocycles. The molecule has 0 atom stereocenters. The first-order valence-electron chi connectivity index (χ1n) is 5.13. The van der Waals surface area contributed by atoms with E-state index in [1.807, 2.05) is 0 Å². The number of carbonyl (C=O) groups excluding carboxylic acids is 1. The van der Waals surface area contributed by atoms with Crippen LogP contribution in [0.2, 0.25) is 0 Å². The molecule has 0 radical (unpaired) electrons. The molecular formula is C12H14FNO. The van der Waals surface area contributed by atoms with E-state index in [-0.39, 0.29) is 11.6 Å². The molecule has 1 aliphatic rings. The van der Waals surface area contributed by atoms with Crippen molar-refractivity contribution in [3.8, 4) is 0 Å². The lowest BCUT2D eigenvalue weighted by molar-refractivity contribution is 0.0799. The Bertz CT molecular complexity index is 410. The molecule has 0 aromatic heterocycles. The molecule has 2 nitrogen and oxygen atoms in total. The van der Waals surface area contributed by atoms with Crippen LogP contribution < -0.4 is 5.73 Å². The van der Waals surface area contributed by atoms with Crippen LogP contribution in [0.15, 0.2) is 18.2 Å². The van der Waals surface area contributed by atoms with Gasteiger partial charge in [-0.2, -0.15) is 0 Å². The maximum absolute atomic E-state index is 13.0. The summed E-state index contributed by atoms with van der Waals surface area (Å²) in [5.41, 5.74) is 6.41. The summed E-state index contributed by atoms with van der Waals surface area (Å²) in [7, 11) is 0. The van der Waals surface area contributed by atoms with Crippen molar-refractivity contribution in [1.29, 1.82) is 0 Å². The number of aryl methyl sites for hydroxylation is 1. The van der Waals surface area contributed by atoms with Gasteiger partial charge in [0, 0.05) is 5.56 Å². The second-order valence-corrected chi connectivity index (χ2v) is 4.30. The predicted molar refractivity (Wildman–Crippen MR) is 56.2 cm³/mol. The molecule has 2 N–H and O–H groups in total. The Morgan fingerprint density at radius 3 is 2.67 bits per heavy atom. The average molecular weight is 207 g/mol. The second-order valence-electron chi connectivity index (χ2n) is 4.30. The van der Waals surface area contributed by atoms with Crippen LogP contribution in [-0.2, 0) is 0 Å². The van der Waals surface area contributed by atoms with Gasteiger partial charge in [0.25, 0.3) is 0 Å². The van der Waals surface area contributed by atoms with Gasteiger partial charge in [-0.25, -0.2) is 4.39 Å². The largest absolute Gasteiger partial charge is 0.319 e. The van der Waals surface area contributed by atoms with Crippen LogP contribution in [0.1, 0.15) is 35.2 Å². The third-order valence-electron chi connectivity index (χ3n) is 3.14. The van der Waals surface area contributed by atoms with Crippen LogP contribution in [0.25, 0.3) is 0 Å². The maximum Gasteiger partial charge on any atom is 0.182 e. The number of ketones is 1. The lowest BCUT2D eigenvalue weighted by Crippen LogP contribution is -2.53. The molecule has 0 aliphatic heterocycles. The van der Waals surface area contributed by atoms with E-state index in [4.69, 9.17) is 5.73 Å². The van der Waals surface area contributed by atoms with Gasteiger partial charge in [0.05, 0.1) is 5.54 Å². The monoisotopic (exact) mass is 207 g/mol. The van der Waals surface area contributed by atoms with Gasteiger partial charge in [0.1, 0.15) is 5.82 Å². The molecule has 1 aromatic rings. The normalized spacial score (nSPS) is 18.3. The van der Waals surface area contributed by atoms with Gasteiger partial charge >= 0.3 is 0 Å². The zero-order valence-corrected chi connectivity index (χ0v) is 8.72. The van der Waals surface area contributed by atoms with Crippen LogP contribution in [0, 0.1) is 12.7 Å². The third-order valence-corrected chi connectivity index (χ3v) is 3.14. The molecule has 80 valence electrons. The van der Waals surface area contributed by atoms with Gasteiger partial charge in [-0.15, -0.1) is 0 Å². The number of halogens is 1. The number of Topliss-reactive ketones (excluding diaryl/α,β-unsaturated/α-hetero) is 1. The Kier molecular flexibility index (Phi) is 2.35. The highest BCUT2D eigenvalue weighted by molar-refractivity contribution is 6.04. The van der Waals surface area contributed by atoms with Gasteiger partial charge in [-0.05, 0) is 43.9 Å². The van der Waals surface area contributed by atoms with Crippen molar-refractivity contribution in [2.24, 2.45) is 5.73 Å². The smallest absolute Gasteiger partial charge is 0.182 e. The fourth-order valence-corrected chi connectivity index (χ4v) is 1.89. The number of benzene rings is 1. The van der Waals surface area contributed by atoms with E-state index in [1.54, 1.807) is 13.0 Å². The van der Waals surface area contributed by atoms with Crippen molar-refractivity contribution in [2.45, 2.75) is 31.7 Å². The molecule has 0 bridgehead atoms. The summed E-state index contributed by atoms with van der Waals surface area (Å²) >= 11 is 0. The highest BCUT2D eigenvalue weighted by Gasteiger charge is 2.40. The van der Waals surface area contributed by atoms with Crippen LogP contribution in [0.3, 0.4) is 0 Å². The van der Waals surface area contributed by atoms with Crippen molar-refractivity contribution in [3.05, 3.63) is 35.1 Å². The molecule has 0 amide bonds. The quantitative estimate of drug-likeness (QED) is 0.755. The van der Waals surface area contributed by atoms with Crippen molar-refractivity contribution in [2.75, 3.05) is 0 Å². The lowest BCUT2D eigenvalue weighted by atomic mass is 9.72. The van der Waals surface area contributed by atoms with Crippen LogP contribution in [0.4, 0.5) is 4.39 Å². The van der Waals surface area contributed by atoms with Gasteiger partial charge in [0.15, 0.2) is 5.78 Å². The van der Waals surface area contributed by atoms with Gasteiger partial charge in [-0.1, -0.05) is 6.07 Å². The van der Waals surface area contributed by atoms with Crippen molar-refractivity contribution in [3.63, 3.8) is 0 Å². The summed E-state index contributed by atoms with van der Waals surface area (Å²) in [6.45, 7) is 1.80. The number of hydrogen-bond donors (Lipinski definition) is 1. The zero-order valence-electron chi connectivity index (χ0n) is 8.72. The predicted octanol–water partition coefficient (Wildman–Crippen LogP) is 2.20. The third kappa shape index (κ3) is 1.67. The Balaban J connectivity index is 2.36. The van der Waals surface area contributed by atoms with E-state index in [2.05, 4.69) is 0 Å². The molecule has 0 saturated heterocycles. The van der Waals surface area contributed by atoms with Crippen LogP contribution in [0.5, 0.6) is 0 Å². The summed E-state index contributed by atoms with van der Waals surface area (Å²) in [6.07, 6.45) is 2.40. The fraction of sp³-hybridized carbons (Fsp3) is 0.417. The van der Waals surface area contributed by atoms with Crippen molar-refractivity contribution >= 4 is 5.78 Å². The molecule has 2 rings (SSSR count). The van der Waals surface area contributed by atoms with Gasteiger partial charge < -0.3 is 5.73 Å². The average Bonchev–Trinajstić information content (AvgIpc) is 2.17. The molecule has 0 unspecified atom stereocenters. The first kappa shape index (κ1) is 10.3. The Morgan fingerprint density at radius 2 is 2.13 bits per heavy atom. The number of rotatable bonds is 2. The topological polar surface area (TPSA) is 43.1 Å². The molecule has 15 heavy (non-hydrogen) atoms.